The summed E-state index contributed by atoms with van der Waals surface area (Å²) in [6.45, 7) is 4.64. The number of rotatable bonds is 5. The van der Waals surface area contributed by atoms with Crippen molar-refractivity contribution >= 4 is 28.3 Å². The van der Waals surface area contributed by atoms with E-state index in [0.717, 1.165) is 61.8 Å². The minimum absolute atomic E-state index is 0.722. The van der Waals surface area contributed by atoms with Gasteiger partial charge in [0.1, 0.15) is 11.3 Å². The number of nitrogens with one attached hydrogen (secondary N) is 2. The molecule has 1 aliphatic heterocycles. The van der Waals surface area contributed by atoms with Gasteiger partial charge in [-0.15, -0.1) is 0 Å². The van der Waals surface area contributed by atoms with Gasteiger partial charge in [-0.2, -0.15) is 0 Å². The zero-order valence-corrected chi connectivity index (χ0v) is 13.7. The zero-order valence-electron chi connectivity index (χ0n) is 12.9. The molecule has 1 aromatic carbocycles. The van der Waals surface area contributed by atoms with Gasteiger partial charge in [0.2, 0.25) is 0 Å². The Morgan fingerprint density at radius 3 is 3.00 bits per heavy atom. The van der Waals surface area contributed by atoms with Crippen LogP contribution in [0.5, 0.6) is 5.75 Å². The van der Waals surface area contributed by atoms with Crippen molar-refractivity contribution in [2.24, 2.45) is 0 Å². The average Bonchev–Trinajstić information content (AvgIpc) is 2.96. The fourth-order valence-corrected chi connectivity index (χ4v) is 3.07. The van der Waals surface area contributed by atoms with Crippen LogP contribution in [-0.2, 0) is 12.8 Å². The minimum Gasteiger partial charge on any atom is -0.493 e. The molecule has 0 spiro atoms. The summed E-state index contributed by atoms with van der Waals surface area (Å²) >= 11 is 5.24. The summed E-state index contributed by atoms with van der Waals surface area (Å²) in [5.41, 5.74) is 3.47. The Morgan fingerprint density at radius 1 is 1.27 bits per heavy atom. The van der Waals surface area contributed by atoms with Crippen LogP contribution in [0, 0.1) is 0 Å². The second-order valence-corrected chi connectivity index (χ2v) is 5.97. The predicted octanol–water partition coefficient (Wildman–Crippen LogP) is 3.17. The topological polar surface area (TPSA) is 46.4 Å². The predicted molar refractivity (Wildman–Crippen MR) is 92.6 cm³/mol. The first-order valence-corrected chi connectivity index (χ1v) is 8.37. The molecule has 2 N–H and O–H groups in total. The van der Waals surface area contributed by atoms with Crippen molar-refractivity contribution in [2.45, 2.75) is 32.6 Å². The Bertz CT molecular complexity index is 666. The van der Waals surface area contributed by atoms with Gasteiger partial charge in [0.15, 0.2) is 5.11 Å². The summed E-state index contributed by atoms with van der Waals surface area (Å²) < 4.78 is 11.5. The number of hydrogen-bond acceptors (Lipinski definition) is 3. The number of aryl methyl sites for hydroxylation is 1. The fraction of sp³-hybridized carbons (Fsp3) is 0.471. The van der Waals surface area contributed by atoms with E-state index >= 15 is 0 Å². The molecule has 4 nitrogen and oxygen atoms in total. The largest absolute Gasteiger partial charge is 0.493 e. The minimum atomic E-state index is 0.722. The third kappa shape index (κ3) is 3.19. The third-order valence-electron chi connectivity index (χ3n) is 3.93. The molecule has 0 fully saturated rings. The van der Waals surface area contributed by atoms with Crippen molar-refractivity contribution in [3.8, 4) is 5.75 Å². The highest BCUT2D eigenvalue weighted by atomic mass is 32.1. The first kappa shape index (κ1) is 15.2. The third-order valence-corrected chi connectivity index (χ3v) is 4.21. The van der Waals surface area contributed by atoms with Gasteiger partial charge in [0.05, 0.1) is 12.9 Å². The lowest BCUT2D eigenvalue weighted by Crippen LogP contribution is -2.36. The maximum atomic E-state index is 5.75. The highest BCUT2D eigenvalue weighted by molar-refractivity contribution is 7.80. The average molecular weight is 318 g/mol. The Labute approximate surface area is 136 Å². The van der Waals surface area contributed by atoms with Crippen LogP contribution in [0.3, 0.4) is 0 Å². The summed E-state index contributed by atoms with van der Waals surface area (Å²) in [7, 11) is 0. The van der Waals surface area contributed by atoms with Crippen LogP contribution in [-0.4, -0.2) is 24.8 Å². The Balaban J connectivity index is 1.70. The molecule has 2 heterocycles. The van der Waals surface area contributed by atoms with Crippen LogP contribution in [0.4, 0.5) is 0 Å². The molecule has 2 aromatic rings. The molecule has 5 heteroatoms. The van der Waals surface area contributed by atoms with Crippen LogP contribution >= 0.6 is 12.2 Å². The van der Waals surface area contributed by atoms with E-state index in [9.17, 15) is 0 Å². The van der Waals surface area contributed by atoms with E-state index in [1.165, 1.54) is 16.5 Å². The molecule has 118 valence electrons. The van der Waals surface area contributed by atoms with Crippen molar-refractivity contribution in [3.63, 3.8) is 0 Å². The van der Waals surface area contributed by atoms with Gasteiger partial charge in [-0.25, -0.2) is 0 Å². The molecule has 0 amide bonds. The molecular weight excluding hydrogens is 296 g/mol. The number of benzene rings is 1. The van der Waals surface area contributed by atoms with Crippen molar-refractivity contribution in [1.82, 2.24) is 10.6 Å². The van der Waals surface area contributed by atoms with E-state index < -0.39 is 0 Å². The van der Waals surface area contributed by atoms with Crippen molar-refractivity contribution < 1.29 is 9.15 Å². The zero-order chi connectivity index (χ0) is 15.4. The lowest BCUT2D eigenvalue weighted by Gasteiger charge is -2.18. The molecule has 3 rings (SSSR count). The normalized spacial score (nSPS) is 13.5. The molecule has 1 aromatic heterocycles. The van der Waals surface area contributed by atoms with Gasteiger partial charge in [-0.05, 0) is 50.0 Å². The quantitative estimate of drug-likeness (QED) is 0.829. The van der Waals surface area contributed by atoms with Crippen LogP contribution in [0.15, 0.2) is 22.8 Å². The molecule has 1 aliphatic rings. The van der Waals surface area contributed by atoms with E-state index in [-0.39, 0.29) is 0 Å². The number of thiocarbonyl (C=S) groups is 1. The highest BCUT2D eigenvalue weighted by Gasteiger charge is 2.18. The molecule has 0 aliphatic carbocycles. The first-order chi connectivity index (χ1) is 10.8. The second-order valence-electron chi connectivity index (χ2n) is 5.56. The van der Waals surface area contributed by atoms with Crippen molar-refractivity contribution in [3.05, 3.63) is 29.5 Å². The molecule has 0 saturated heterocycles. The molecule has 0 saturated carbocycles. The summed E-state index contributed by atoms with van der Waals surface area (Å²) in [4.78, 5) is 0. The fourth-order valence-electron chi connectivity index (χ4n) is 2.86. The molecule has 0 unspecified atom stereocenters. The highest BCUT2D eigenvalue weighted by Crippen LogP contribution is 2.35. The molecular formula is C17H22N2O2S. The van der Waals surface area contributed by atoms with Gasteiger partial charge >= 0.3 is 0 Å². The van der Waals surface area contributed by atoms with Crippen LogP contribution < -0.4 is 15.4 Å². The van der Waals surface area contributed by atoms with E-state index in [2.05, 4.69) is 17.6 Å². The number of furan rings is 1. The Hall–Kier alpha value is -1.75. The summed E-state index contributed by atoms with van der Waals surface area (Å²) in [5.74, 6) is 1.01. The van der Waals surface area contributed by atoms with E-state index in [4.69, 9.17) is 21.4 Å². The first-order valence-electron chi connectivity index (χ1n) is 7.96. The maximum absolute atomic E-state index is 5.75. The monoisotopic (exact) mass is 318 g/mol. The lowest BCUT2D eigenvalue weighted by molar-refractivity contribution is 0.289. The summed E-state index contributed by atoms with van der Waals surface area (Å²) in [6, 6.07) is 4.02. The van der Waals surface area contributed by atoms with Crippen molar-refractivity contribution in [2.75, 3.05) is 19.7 Å². The van der Waals surface area contributed by atoms with Gasteiger partial charge in [-0.3, -0.25) is 0 Å². The van der Waals surface area contributed by atoms with Gasteiger partial charge in [0.25, 0.3) is 0 Å². The molecule has 22 heavy (non-hydrogen) atoms. The number of fused-ring (bicyclic) bond motifs is 3. The summed E-state index contributed by atoms with van der Waals surface area (Å²) in [6.07, 6.45) is 5.95. The SMILES string of the molecule is CCCNC(=S)NCCc1coc2ccc3c(c12)CCCO3. The van der Waals surface area contributed by atoms with Crippen LogP contribution in [0.1, 0.15) is 30.9 Å². The smallest absolute Gasteiger partial charge is 0.166 e. The number of ether oxygens (including phenoxy) is 1. The standard InChI is InChI=1S/C17H22N2O2S/c1-2-8-18-17(22)19-9-7-12-11-21-15-6-5-14-13(16(12)15)4-3-10-20-14/h5-6,11H,2-4,7-10H2,1H3,(H2,18,19,22). The van der Waals surface area contributed by atoms with Crippen molar-refractivity contribution in [1.29, 1.82) is 0 Å². The molecule has 0 bridgehead atoms. The van der Waals surface area contributed by atoms with E-state index in [0.29, 0.717) is 0 Å². The van der Waals surface area contributed by atoms with E-state index in [1.807, 2.05) is 18.4 Å². The lowest BCUT2D eigenvalue weighted by atomic mass is 9.98. The van der Waals surface area contributed by atoms with Gasteiger partial charge in [0, 0.05) is 29.6 Å². The van der Waals surface area contributed by atoms with Gasteiger partial charge < -0.3 is 19.8 Å². The van der Waals surface area contributed by atoms with Crippen LogP contribution in [0.25, 0.3) is 11.0 Å². The Kier molecular flexibility index (Phi) is 4.83. The van der Waals surface area contributed by atoms with Crippen LogP contribution in [0.2, 0.25) is 0 Å². The van der Waals surface area contributed by atoms with E-state index in [1.54, 1.807) is 0 Å². The molecule has 0 radical (unpaired) electrons. The maximum Gasteiger partial charge on any atom is 0.166 e. The second kappa shape index (κ2) is 7.01. The van der Waals surface area contributed by atoms with Gasteiger partial charge in [-0.1, -0.05) is 6.92 Å². The molecule has 0 atom stereocenters. The Morgan fingerprint density at radius 2 is 2.14 bits per heavy atom. The number of hydrogen-bond donors (Lipinski definition) is 2. The summed E-state index contributed by atoms with van der Waals surface area (Å²) in [5, 5.41) is 8.37.